The molecule has 0 atom stereocenters. The minimum Gasteiger partial charge on any atom is -0.398 e. The Hall–Kier alpha value is -1.61. The van der Waals surface area contributed by atoms with Crippen molar-refractivity contribution in [3.8, 4) is 11.1 Å². The second kappa shape index (κ2) is 4.10. The number of benzene rings is 2. The van der Waals surface area contributed by atoms with Crippen molar-refractivity contribution in [1.29, 1.82) is 0 Å². The van der Waals surface area contributed by atoms with E-state index in [9.17, 15) is 8.78 Å². The zero-order chi connectivity index (χ0) is 11.7. The molecule has 0 saturated carbocycles. The largest absolute Gasteiger partial charge is 0.398 e. The fourth-order valence-electron chi connectivity index (χ4n) is 1.47. The first-order chi connectivity index (χ1) is 7.58. The van der Waals surface area contributed by atoms with Crippen molar-refractivity contribution in [2.45, 2.75) is 0 Å². The van der Waals surface area contributed by atoms with E-state index >= 15 is 0 Å². The highest BCUT2D eigenvalue weighted by Gasteiger charge is 2.10. The highest BCUT2D eigenvalue weighted by atomic mass is 35.5. The summed E-state index contributed by atoms with van der Waals surface area (Å²) in [5.41, 5.74) is 6.55. The van der Waals surface area contributed by atoms with Crippen LogP contribution < -0.4 is 5.73 Å². The summed E-state index contributed by atoms with van der Waals surface area (Å²) >= 11 is 5.79. The van der Waals surface area contributed by atoms with E-state index in [-0.39, 0.29) is 5.56 Å². The summed E-state index contributed by atoms with van der Waals surface area (Å²) in [6, 6.07) is 7.87. The van der Waals surface area contributed by atoms with E-state index in [4.69, 9.17) is 17.3 Å². The summed E-state index contributed by atoms with van der Waals surface area (Å²) in [7, 11) is 0. The van der Waals surface area contributed by atoms with Crippen LogP contribution in [-0.4, -0.2) is 0 Å². The van der Waals surface area contributed by atoms with Crippen molar-refractivity contribution in [1.82, 2.24) is 0 Å². The van der Waals surface area contributed by atoms with Crippen LogP contribution >= 0.6 is 11.6 Å². The van der Waals surface area contributed by atoms with Gasteiger partial charge in [-0.05, 0) is 36.4 Å². The lowest BCUT2D eigenvalue weighted by molar-refractivity contribution is 0.603. The van der Waals surface area contributed by atoms with E-state index in [0.29, 0.717) is 16.3 Å². The van der Waals surface area contributed by atoms with E-state index < -0.39 is 11.6 Å². The van der Waals surface area contributed by atoms with Gasteiger partial charge in [-0.3, -0.25) is 0 Å². The van der Waals surface area contributed by atoms with Gasteiger partial charge in [-0.15, -0.1) is 0 Å². The maximum absolute atomic E-state index is 13.5. The number of halogens is 3. The van der Waals surface area contributed by atoms with Crippen LogP contribution in [0.4, 0.5) is 14.5 Å². The Kier molecular flexibility index (Phi) is 2.79. The van der Waals surface area contributed by atoms with Crippen molar-refractivity contribution < 1.29 is 8.78 Å². The Morgan fingerprint density at radius 3 is 2.44 bits per heavy atom. The first-order valence-electron chi connectivity index (χ1n) is 4.58. The van der Waals surface area contributed by atoms with Gasteiger partial charge < -0.3 is 5.73 Å². The van der Waals surface area contributed by atoms with Gasteiger partial charge in [0.1, 0.15) is 11.6 Å². The van der Waals surface area contributed by atoms with Gasteiger partial charge in [0, 0.05) is 21.8 Å². The minimum atomic E-state index is -0.532. The molecule has 2 rings (SSSR count). The van der Waals surface area contributed by atoms with Crippen LogP contribution in [0.2, 0.25) is 5.02 Å². The topological polar surface area (TPSA) is 26.0 Å². The van der Waals surface area contributed by atoms with Crippen LogP contribution in [0, 0.1) is 11.6 Å². The zero-order valence-electron chi connectivity index (χ0n) is 8.18. The van der Waals surface area contributed by atoms with Gasteiger partial charge in [0.2, 0.25) is 0 Å². The van der Waals surface area contributed by atoms with Crippen molar-refractivity contribution in [3.05, 3.63) is 53.1 Å². The highest BCUT2D eigenvalue weighted by Crippen LogP contribution is 2.31. The van der Waals surface area contributed by atoms with Crippen LogP contribution in [0.25, 0.3) is 11.1 Å². The molecule has 0 radical (unpaired) electrons. The number of anilines is 1. The molecule has 0 spiro atoms. The molecule has 0 aromatic heterocycles. The van der Waals surface area contributed by atoms with Crippen LogP contribution in [0.15, 0.2) is 36.4 Å². The van der Waals surface area contributed by atoms with Gasteiger partial charge in [0.05, 0.1) is 0 Å². The third-order valence-electron chi connectivity index (χ3n) is 2.23. The average Bonchev–Trinajstić information content (AvgIpc) is 2.25. The third-order valence-corrected chi connectivity index (χ3v) is 2.47. The summed E-state index contributed by atoms with van der Waals surface area (Å²) in [5, 5.41) is 0.424. The quantitative estimate of drug-likeness (QED) is 0.751. The molecule has 16 heavy (non-hydrogen) atoms. The number of hydrogen-bond donors (Lipinski definition) is 1. The standard InChI is InChI=1S/C12H8ClF2N/c13-7-1-4-12(16)10(5-7)9-6-8(14)2-3-11(9)15/h1-6H,16H2. The lowest BCUT2D eigenvalue weighted by atomic mass is 10.0. The predicted octanol–water partition coefficient (Wildman–Crippen LogP) is 3.87. The maximum Gasteiger partial charge on any atom is 0.131 e. The van der Waals surface area contributed by atoms with Gasteiger partial charge in [0.25, 0.3) is 0 Å². The van der Waals surface area contributed by atoms with Crippen molar-refractivity contribution >= 4 is 17.3 Å². The third kappa shape index (κ3) is 1.99. The molecule has 0 aliphatic carbocycles. The number of nitrogens with two attached hydrogens (primary N) is 1. The second-order valence-corrected chi connectivity index (χ2v) is 3.79. The lowest BCUT2D eigenvalue weighted by Crippen LogP contribution is -1.93. The van der Waals surface area contributed by atoms with Gasteiger partial charge in [0.15, 0.2) is 0 Å². The first-order valence-corrected chi connectivity index (χ1v) is 4.96. The Balaban J connectivity index is 2.66. The lowest BCUT2D eigenvalue weighted by Gasteiger charge is -2.07. The Morgan fingerprint density at radius 2 is 1.69 bits per heavy atom. The van der Waals surface area contributed by atoms with Crippen LogP contribution in [0.1, 0.15) is 0 Å². The second-order valence-electron chi connectivity index (χ2n) is 3.36. The maximum atomic E-state index is 13.5. The van der Waals surface area contributed by atoms with Crippen molar-refractivity contribution in [2.75, 3.05) is 5.73 Å². The smallest absolute Gasteiger partial charge is 0.131 e. The summed E-state index contributed by atoms with van der Waals surface area (Å²) < 4.78 is 26.5. The fraction of sp³-hybridized carbons (Fsp3) is 0. The van der Waals surface area contributed by atoms with E-state index in [2.05, 4.69) is 0 Å². The fourth-order valence-corrected chi connectivity index (χ4v) is 1.64. The summed E-state index contributed by atoms with van der Waals surface area (Å²) in [6.45, 7) is 0. The summed E-state index contributed by atoms with van der Waals surface area (Å²) in [5.74, 6) is -1.05. The molecule has 0 saturated heterocycles. The molecule has 0 aliphatic heterocycles. The van der Waals surface area contributed by atoms with E-state index in [1.165, 1.54) is 6.07 Å². The molecule has 0 aliphatic rings. The number of rotatable bonds is 1. The first kappa shape index (κ1) is 10.9. The number of hydrogen-bond acceptors (Lipinski definition) is 1. The van der Waals surface area contributed by atoms with Gasteiger partial charge in [-0.1, -0.05) is 11.6 Å². The molecule has 0 unspecified atom stereocenters. The van der Waals surface area contributed by atoms with Crippen LogP contribution in [-0.2, 0) is 0 Å². The van der Waals surface area contributed by atoms with E-state index in [1.54, 1.807) is 12.1 Å². The molecule has 0 heterocycles. The zero-order valence-corrected chi connectivity index (χ0v) is 8.93. The van der Waals surface area contributed by atoms with Gasteiger partial charge in [-0.2, -0.15) is 0 Å². The monoisotopic (exact) mass is 239 g/mol. The molecule has 2 aromatic rings. The van der Waals surface area contributed by atoms with Crippen LogP contribution in [0.5, 0.6) is 0 Å². The molecule has 2 N–H and O–H groups in total. The molecular formula is C12H8ClF2N. The Labute approximate surface area is 96.5 Å². The summed E-state index contributed by atoms with van der Waals surface area (Å²) in [6.07, 6.45) is 0. The SMILES string of the molecule is Nc1ccc(Cl)cc1-c1cc(F)ccc1F. The highest BCUT2D eigenvalue weighted by molar-refractivity contribution is 6.31. The normalized spacial score (nSPS) is 10.4. The van der Waals surface area contributed by atoms with Crippen molar-refractivity contribution in [3.63, 3.8) is 0 Å². The molecule has 1 nitrogen and oxygen atoms in total. The van der Waals surface area contributed by atoms with Crippen molar-refractivity contribution in [2.24, 2.45) is 0 Å². The number of nitrogen functional groups attached to an aromatic ring is 1. The summed E-state index contributed by atoms with van der Waals surface area (Å²) in [4.78, 5) is 0. The molecular weight excluding hydrogens is 232 g/mol. The molecule has 0 fully saturated rings. The average molecular weight is 240 g/mol. The van der Waals surface area contributed by atoms with Crippen LogP contribution in [0.3, 0.4) is 0 Å². The molecule has 0 amide bonds. The molecule has 82 valence electrons. The van der Waals surface area contributed by atoms with Gasteiger partial charge in [-0.25, -0.2) is 8.78 Å². The molecule has 0 bridgehead atoms. The minimum absolute atomic E-state index is 0.111. The van der Waals surface area contributed by atoms with E-state index in [0.717, 1.165) is 18.2 Å². The molecule has 4 heteroatoms. The van der Waals surface area contributed by atoms with Gasteiger partial charge >= 0.3 is 0 Å². The predicted molar refractivity (Wildman–Crippen MR) is 61.2 cm³/mol. The Bertz CT molecular complexity index is 491. The van der Waals surface area contributed by atoms with E-state index in [1.807, 2.05) is 0 Å². The molecule has 2 aromatic carbocycles. The Morgan fingerprint density at radius 1 is 0.938 bits per heavy atom.